The van der Waals surface area contributed by atoms with E-state index in [1.165, 1.54) is 7.11 Å². The fourth-order valence-corrected chi connectivity index (χ4v) is 7.62. The molecule has 0 spiro atoms. The van der Waals surface area contributed by atoms with Crippen molar-refractivity contribution in [3.63, 3.8) is 0 Å². The van der Waals surface area contributed by atoms with Crippen molar-refractivity contribution in [3.8, 4) is 0 Å². The number of allylic oxidation sites excluding steroid dienone is 1. The number of hydrogen-bond acceptors (Lipinski definition) is 6. The molecule has 0 bridgehead atoms. The molecule has 6 nitrogen and oxygen atoms in total. The average molecular weight is 425 g/mol. The molecule has 0 heterocycles. The standard InChI is InChI=1S/C23H33FO6/c1-20-8-6-15(26)10-14(20)4-5-17-16-7-9-22(19(28)12-25,30-13-29-3)21(16,2)11-18(27)23(17,20)24/h10,16-18,25,27H,4-9,11-13H2,1-3H3/t16-,17-,18?,20-,21-,22-,23-/m0/s1. The van der Waals surface area contributed by atoms with Crippen LogP contribution in [0.5, 0.6) is 0 Å². The van der Waals surface area contributed by atoms with E-state index in [-0.39, 0.29) is 31.3 Å². The van der Waals surface area contributed by atoms with Crippen LogP contribution in [0.15, 0.2) is 11.6 Å². The van der Waals surface area contributed by atoms with Gasteiger partial charge in [0, 0.05) is 30.3 Å². The molecule has 168 valence electrons. The van der Waals surface area contributed by atoms with E-state index in [1.54, 1.807) is 6.08 Å². The number of fused-ring (bicyclic) bond motifs is 5. The van der Waals surface area contributed by atoms with Crippen LogP contribution >= 0.6 is 0 Å². The molecule has 7 atom stereocenters. The van der Waals surface area contributed by atoms with Crippen molar-refractivity contribution in [3.05, 3.63) is 11.6 Å². The van der Waals surface area contributed by atoms with E-state index < -0.39 is 46.5 Å². The first-order valence-electron chi connectivity index (χ1n) is 11.0. The summed E-state index contributed by atoms with van der Waals surface area (Å²) < 4.78 is 28.1. The monoisotopic (exact) mass is 424 g/mol. The Morgan fingerprint density at radius 2 is 1.97 bits per heavy atom. The van der Waals surface area contributed by atoms with Crippen LogP contribution in [0.2, 0.25) is 0 Å². The molecule has 0 saturated heterocycles. The second-order valence-electron chi connectivity index (χ2n) is 10.1. The molecule has 0 radical (unpaired) electrons. The molecule has 30 heavy (non-hydrogen) atoms. The molecule has 0 amide bonds. The summed E-state index contributed by atoms with van der Waals surface area (Å²) in [6, 6.07) is 0. The van der Waals surface area contributed by atoms with Crippen LogP contribution in [0.3, 0.4) is 0 Å². The first kappa shape index (κ1) is 22.1. The Labute approximate surface area is 176 Å². The van der Waals surface area contributed by atoms with Gasteiger partial charge in [0.05, 0.1) is 6.10 Å². The maximum atomic E-state index is 17.1. The number of rotatable bonds is 5. The van der Waals surface area contributed by atoms with Crippen LogP contribution in [-0.2, 0) is 19.1 Å². The Morgan fingerprint density at radius 1 is 1.23 bits per heavy atom. The predicted octanol–water partition coefficient (Wildman–Crippen LogP) is 2.50. The van der Waals surface area contributed by atoms with Crippen molar-refractivity contribution in [2.24, 2.45) is 22.7 Å². The summed E-state index contributed by atoms with van der Waals surface area (Å²) in [4.78, 5) is 24.9. The van der Waals surface area contributed by atoms with Crippen molar-refractivity contribution in [1.29, 1.82) is 0 Å². The molecule has 3 saturated carbocycles. The molecule has 3 fully saturated rings. The third-order valence-corrected chi connectivity index (χ3v) is 9.18. The largest absolute Gasteiger partial charge is 0.390 e. The van der Waals surface area contributed by atoms with Gasteiger partial charge in [-0.25, -0.2) is 4.39 Å². The van der Waals surface area contributed by atoms with Gasteiger partial charge in [-0.2, -0.15) is 0 Å². The summed E-state index contributed by atoms with van der Waals surface area (Å²) in [6.45, 7) is 2.98. The minimum atomic E-state index is -1.86. The van der Waals surface area contributed by atoms with Crippen molar-refractivity contribution in [2.45, 2.75) is 76.2 Å². The number of ketones is 2. The molecule has 0 aromatic carbocycles. The fourth-order valence-electron chi connectivity index (χ4n) is 7.62. The molecular weight excluding hydrogens is 391 g/mol. The van der Waals surface area contributed by atoms with Crippen LogP contribution in [0.25, 0.3) is 0 Å². The van der Waals surface area contributed by atoms with E-state index in [0.29, 0.717) is 32.1 Å². The number of halogens is 1. The normalized spacial score (nSPS) is 47.9. The van der Waals surface area contributed by atoms with E-state index in [9.17, 15) is 19.8 Å². The Hall–Kier alpha value is -1.15. The smallest absolute Gasteiger partial charge is 0.190 e. The van der Waals surface area contributed by atoms with Crippen molar-refractivity contribution >= 4 is 11.6 Å². The lowest BCUT2D eigenvalue weighted by molar-refractivity contribution is -0.244. The molecule has 0 aromatic heterocycles. The highest BCUT2D eigenvalue weighted by molar-refractivity contribution is 5.92. The van der Waals surface area contributed by atoms with Crippen molar-refractivity contribution < 1.29 is 33.7 Å². The lowest BCUT2D eigenvalue weighted by Gasteiger charge is -2.63. The maximum Gasteiger partial charge on any atom is 0.190 e. The molecule has 7 heteroatoms. The number of carbonyl (C=O) groups excluding carboxylic acids is 2. The van der Waals surface area contributed by atoms with Crippen molar-refractivity contribution in [2.75, 3.05) is 20.5 Å². The zero-order valence-corrected chi connectivity index (χ0v) is 18.1. The number of aliphatic hydroxyl groups is 2. The van der Waals surface area contributed by atoms with Gasteiger partial charge < -0.3 is 19.7 Å². The zero-order valence-electron chi connectivity index (χ0n) is 18.1. The Morgan fingerprint density at radius 3 is 2.63 bits per heavy atom. The summed E-state index contributed by atoms with van der Waals surface area (Å²) in [5, 5.41) is 21.0. The molecule has 2 N–H and O–H groups in total. The number of ether oxygens (including phenoxy) is 2. The predicted molar refractivity (Wildman–Crippen MR) is 106 cm³/mol. The lowest BCUT2D eigenvalue weighted by atomic mass is 9.44. The van der Waals surface area contributed by atoms with Crippen LogP contribution in [0.1, 0.15) is 58.8 Å². The van der Waals surface area contributed by atoms with E-state index >= 15 is 4.39 Å². The molecule has 4 rings (SSSR count). The zero-order chi connectivity index (χ0) is 21.9. The number of hydrogen-bond donors (Lipinski definition) is 2. The highest BCUT2D eigenvalue weighted by atomic mass is 19.1. The second-order valence-corrected chi connectivity index (χ2v) is 10.1. The van der Waals surface area contributed by atoms with Crippen LogP contribution in [0.4, 0.5) is 4.39 Å². The van der Waals surface area contributed by atoms with Gasteiger partial charge in [0.15, 0.2) is 11.6 Å². The lowest BCUT2D eigenvalue weighted by Crippen LogP contribution is -2.70. The minimum absolute atomic E-state index is 0.0288. The van der Waals surface area contributed by atoms with Gasteiger partial charge in [0.2, 0.25) is 0 Å². The molecule has 0 aromatic rings. The third-order valence-electron chi connectivity index (χ3n) is 9.18. The van der Waals surface area contributed by atoms with Gasteiger partial charge in [0.1, 0.15) is 24.7 Å². The highest BCUT2D eigenvalue weighted by Crippen LogP contribution is 2.70. The Bertz CT molecular complexity index is 782. The number of carbonyl (C=O) groups is 2. The number of Topliss-reactive ketones (excluding diaryl/α,β-unsaturated/α-hetero) is 1. The molecule has 4 aliphatic carbocycles. The Balaban J connectivity index is 1.78. The van der Waals surface area contributed by atoms with E-state index in [4.69, 9.17) is 9.47 Å². The fraction of sp³-hybridized carbons (Fsp3) is 0.826. The van der Waals surface area contributed by atoms with Gasteiger partial charge >= 0.3 is 0 Å². The molecule has 1 unspecified atom stereocenters. The topological polar surface area (TPSA) is 93.1 Å². The average Bonchev–Trinajstić information content (AvgIpc) is 3.00. The summed E-state index contributed by atoms with van der Waals surface area (Å²) in [6.07, 6.45) is 3.16. The number of alkyl halides is 1. The van der Waals surface area contributed by atoms with Gasteiger partial charge in [-0.3, -0.25) is 9.59 Å². The quantitative estimate of drug-likeness (QED) is 0.659. The molecule has 4 aliphatic rings. The second kappa shape index (κ2) is 7.19. The number of methoxy groups -OCH3 is 1. The van der Waals surface area contributed by atoms with Crippen LogP contribution in [-0.4, -0.2) is 59.7 Å². The highest BCUT2D eigenvalue weighted by Gasteiger charge is 2.74. The van der Waals surface area contributed by atoms with Gasteiger partial charge in [0.25, 0.3) is 0 Å². The number of aliphatic hydroxyl groups excluding tert-OH is 2. The van der Waals surface area contributed by atoms with Gasteiger partial charge in [-0.15, -0.1) is 0 Å². The SMILES string of the molecule is COCO[C@]1(C(=O)CO)CC[C@H]2[C@@H]3CCC4=CC(=O)CC[C@]4(C)[C@@]3(F)C(O)C[C@@]21C. The first-order valence-corrected chi connectivity index (χ1v) is 11.0. The minimum Gasteiger partial charge on any atom is -0.390 e. The van der Waals surface area contributed by atoms with E-state index in [1.807, 2.05) is 13.8 Å². The third kappa shape index (κ3) is 2.55. The van der Waals surface area contributed by atoms with Gasteiger partial charge in [-0.1, -0.05) is 19.4 Å². The summed E-state index contributed by atoms with van der Waals surface area (Å²) in [5.74, 6) is -1.02. The van der Waals surface area contributed by atoms with Crippen molar-refractivity contribution in [1.82, 2.24) is 0 Å². The van der Waals surface area contributed by atoms with E-state index in [0.717, 1.165) is 5.57 Å². The first-order chi connectivity index (χ1) is 14.1. The van der Waals surface area contributed by atoms with Crippen LogP contribution < -0.4 is 0 Å². The molecular formula is C23H33FO6. The summed E-state index contributed by atoms with van der Waals surface area (Å²) in [7, 11) is 1.47. The Kier molecular flexibility index (Phi) is 5.29. The van der Waals surface area contributed by atoms with Crippen LogP contribution in [0, 0.1) is 22.7 Å². The summed E-state index contributed by atoms with van der Waals surface area (Å²) in [5.41, 5.74) is -4.05. The van der Waals surface area contributed by atoms with Gasteiger partial charge in [-0.05, 0) is 50.5 Å². The maximum absolute atomic E-state index is 17.1. The summed E-state index contributed by atoms with van der Waals surface area (Å²) >= 11 is 0. The van der Waals surface area contributed by atoms with E-state index in [2.05, 4.69) is 0 Å². The molecule has 0 aliphatic heterocycles.